The van der Waals surface area contributed by atoms with Crippen molar-refractivity contribution in [3.8, 4) is 0 Å². The molecule has 0 atom stereocenters. The lowest BCUT2D eigenvalue weighted by molar-refractivity contribution is 0.0911. The fourth-order valence-corrected chi connectivity index (χ4v) is 2.97. The van der Waals surface area contributed by atoms with Gasteiger partial charge >= 0.3 is 6.03 Å². The summed E-state index contributed by atoms with van der Waals surface area (Å²) in [5.41, 5.74) is 1.92. The van der Waals surface area contributed by atoms with Crippen LogP contribution >= 0.6 is 0 Å². The van der Waals surface area contributed by atoms with Gasteiger partial charge in [-0.05, 0) is 62.2 Å². The predicted octanol–water partition coefficient (Wildman–Crippen LogP) is 5.43. The van der Waals surface area contributed by atoms with Crippen molar-refractivity contribution in [2.75, 3.05) is 5.32 Å². The summed E-state index contributed by atoms with van der Waals surface area (Å²) >= 11 is 0. The summed E-state index contributed by atoms with van der Waals surface area (Å²) in [5, 5.41) is 5.92. The molecule has 0 radical (unpaired) electrons. The summed E-state index contributed by atoms with van der Waals surface area (Å²) in [6.07, 6.45) is 2.43. The number of nitrogens with one attached hydrogen (secondary N) is 2. The standard InChI is InChI=1S/C25H29N3O3/c1-4-25(2,3)27-23(29)20-12-14-21(15-13-20)26-24(30)28(18-22-11-8-16-31-22)17-19-9-6-5-7-10-19/h5-16H,4,17-18H2,1-3H3,(H,26,30)(H,27,29). The molecule has 0 aliphatic carbocycles. The normalized spacial score (nSPS) is 11.1. The molecule has 0 fully saturated rings. The zero-order valence-corrected chi connectivity index (χ0v) is 18.2. The van der Waals surface area contributed by atoms with Crippen LogP contribution in [0.3, 0.4) is 0 Å². The molecule has 1 aromatic heterocycles. The van der Waals surface area contributed by atoms with Crippen molar-refractivity contribution in [2.24, 2.45) is 0 Å². The van der Waals surface area contributed by atoms with Crippen molar-refractivity contribution in [3.05, 3.63) is 89.9 Å². The Hall–Kier alpha value is -3.54. The minimum Gasteiger partial charge on any atom is -0.467 e. The van der Waals surface area contributed by atoms with E-state index in [0.29, 0.717) is 30.1 Å². The van der Waals surface area contributed by atoms with Crippen molar-refractivity contribution in [3.63, 3.8) is 0 Å². The molecular weight excluding hydrogens is 390 g/mol. The zero-order valence-electron chi connectivity index (χ0n) is 18.2. The van der Waals surface area contributed by atoms with E-state index < -0.39 is 0 Å². The van der Waals surface area contributed by atoms with Crippen LogP contribution in [0, 0.1) is 0 Å². The van der Waals surface area contributed by atoms with E-state index in [1.54, 1.807) is 41.5 Å². The Morgan fingerprint density at radius 1 is 0.935 bits per heavy atom. The predicted molar refractivity (Wildman–Crippen MR) is 122 cm³/mol. The second-order valence-corrected chi connectivity index (χ2v) is 8.12. The van der Waals surface area contributed by atoms with E-state index in [9.17, 15) is 9.59 Å². The summed E-state index contributed by atoms with van der Waals surface area (Å²) in [6.45, 7) is 6.79. The number of hydrogen-bond donors (Lipinski definition) is 2. The van der Waals surface area contributed by atoms with Gasteiger partial charge in [0.2, 0.25) is 0 Å². The van der Waals surface area contributed by atoms with Gasteiger partial charge in [0.15, 0.2) is 0 Å². The third-order valence-electron chi connectivity index (χ3n) is 5.16. The van der Waals surface area contributed by atoms with E-state index in [2.05, 4.69) is 10.6 Å². The highest BCUT2D eigenvalue weighted by Gasteiger charge is 2.19. The number of nitrogens with zero attached hydrogens (tertiary/aromatic N) is 1. The lowest BCUT2D eigenvalue weighted by Gasteiger charge is -2.24. The van der Waals surface area contributed by atoms with Gasteiger partial charge in [-0.3, -0.25) is 4.79 Å². The van der Waals surface area contributed by atoms with Crippen molar-refractivity contribution < 1.29 is 14.0 Å². The van der Waals surface area contributed by atoms with Gasteiger partial charge in [-0.1, -0.05) is 37.3 Å². The molecule has 31 heavy (non-hydrogen) atoms. The lowest BCUT2D eigenvalue weighted by Crippen LogP contribution is -2.42. The number of carbonyl (C=O) groups is 2. The number of amides is 3. The van der Waals surface area contributed by atoms with Crippen molar-refractivity contribution in [1.82, 2.24) is 10.2 Å². The van der Waals surface area contributed by atoms with Gasteiger partial charge in [0, 0.05) is 23.3 Å². The van der Waals surface area contributed by atoms with Crippen molar-refractivity contribution in [1.29, 1.82) is 0 Å². The molecule has 0 aliphatic heterocycles. The average Bonchev–Trinajstić information content (AvgIpc) is 3.27. The van der Waals surface area contributed by atoms with E-state index in [1.807, 2.05) is 57.2 Å². The smallest absolute Gasteiger partial charge is 0.322 e. The first kappa shape index (κ1) is 22.2. The highest BCUT2D eigenvalue weighted by atomic mass is 16.3. The summed E-state index contributed by atoms with van der Waals surface area (Å²) in [6, 6.07) is 20.1. The van der Waals surface area contributed by atoms with E-state index in [-0.39, 0.29) is 17.5 Å². The second kappa shape index (κ2) is 9.98. The Balaban J connectivity index is 1.68. The number of benzene rings is 2. The molecule has 3 amide bonds. The molecule has 3 aromatic rings. The number of hydrogen-bond acceptors (Lipinski definition) is 3. The van der Waals surface area contributed by atoms with Gasteiger partial charge in [-0.25, -0.2) is 4.79 Å². The SMILES string of the molecule is CCC(C)(C)NC(=O)c1ccc(NC(=O)N(Cc2ccccc2)Cc2ccco2)cc1. The van der Waals surface area contributed by atoms with Crippen LogP contribution < -0.4 is 10.6 Å². The Morgan fingerprint density at radius 3 is 2.26 bits per heavy atom. The number of anilines is 1. The molecule has 0 bridgehead atoms. The molecule has 0 saturated heterocycles. The van der Waals surface area contributed by atoms with Crippen LogP contribution in [0.4, 0.5) is 10.5 Å². The van der Waals surface area contributed by atoms with Gasteiger partial charge in [0.05, 0.1) is 12.8 Å². The van der Waals surface area contributed by atoms with Gasteiger partial charge < -0.3 is 20.0 Å². The van der Waals surface area contributed by atoms with Crippen molar-refractivity contribution in [2.45, 2.75) is 45.8 Å². The lowest BCUT2D eigenvalue weighted by atomic mass is 10.0. The molecule has 6 heteroatoms. The second-order valence-electron chi connectivity index (χ2n) is 8.12. The maximum Gasteiger partial charge on any atom is 0.322 e. The highest BCUT2D eigenvalue weighted by molar-refractivity contribution is 5.96. The third kappa shape index (κ3) is 6.47. The Morgan fingerprint density at radius 2 is 1.65 bits per heavy atom. The van der Waals surface area contributed by atoms with Crippen LogP contribution in [0.2, 0.25) is 0 Å². The largest absolute Gasteiger partial charge is 0.467 e. The van der Waals surface area contributed by atoms with E-state index in [1.165, 1.54) is 0 Å². The fourth-order valence-electron chi connectivity index (χ4n) is 2.97. The molecule has 2 aromatic carbocycles. The van der Waals surface area contributed by atoms with E-state index >= 15 is 0 Å². The number of urea groups is 1. The molecule has 6 nitrogen and oxygen atoms in total. The monoisotopic (exact) mass is 419 g/mol. The summed E-state index contributed by atoms with van der Waals surface area (Å²) in [5.74, 6) is 0.574. The van der Waals surface area contributed by atoms with Crippen LogP contribution in [0.1, 0.15) is 48.9 Å². The summed E-state index contributed by atoms with van der Waals surface area (Å²) in [4.78, 5) is 27.1. The fraction of sp³-hybridized carbons (Fsp3) is 0.280. The highest BCUT2D eigenvalue weighted by Crippen LogP contribution is 2.16. The van der Waals surface area contributed by atoms with Gasteiger partial charge in [0.25, 0.3) is 5.91 Å². The maximum atomic E-state index is 13.0. The topological polar surface area (TPSA) is 74.6 Å². The first-order chi connectivity index (χ1) is 14.9. The quantitative estimate of drug-likeness (QED) is 0.511. The zero-order chi connectivity index (χ0) is 22.3. The van der Waals surface area contributed by atoms with E-state index in [0.717, 1.165) is 12.0 Å². The molecule has 162 valence electrons. The average molecular weight is 420 g/mol. The molecule has 0 saturated carbocycles. The summed E-state index contributed by atoms with van der Waals surface area (Å²) in [7, 11) is 0. The molecular formula is C25H29N3O3. The number of rotatable bonds is 8. The van der Waals surface area contributed by atoms with Gasteiger partial charge in [0.1, 0.15) is 5.76 Å². The molecule has 0 spiro atoms. The van der Waals surface area contributed by atoms with Crippen LogP contribution in [-0.4, -0.2) is 22.4 Å². The molecule has 0 aliphatic rings. The molecule has 1 heterocycles. The minimum atomic E-state index is -0.270. The Labute approximate surface area is 183 Å². The molecule has 2 N–H and O–H groups in total. The van der Waals surface area contributed by atoms with Crippen LogP contribution in [0.5, 0.6) is 0 Å². The van der Waals surface area contributed by atoms with Crippen LogP contribution in [0.15, 0.2) is 77.4 Å². The van der Waals surface area contributed by atoms with Crippen molar-refractivity contribution >= 4 is 17.6 Å². The van der Waals surface area contributed by atoms with Crippen LogP contribution in [0.25, 0.3) is 0 Å². The molecule has 0 unspecified atom stereocenters. The minimum absolute atomic E-state index is 0.131. The summed E-state index contributed by atoms with van der Waals surface area (Å²) < 4.78 is 5.43. The Kier molecular flexibility index (Phi) is 7.13. The van der Waals surface area contributed by atoms with Gasteiger partial charge in [-0.15, -0.1) is 0 Å². The van der Waals surface area contributed by atoms with E-state index in [4.69, 9.17) is 4.42 Å². The first-order valence-electron chi connectivity index (χ1n) is 10.4. The maximum absolute atomic E-state index is 13.0. The van der Waals surface area contributed by atoms with Crippen LogP contribution in [-0.2, 0) is 13.1 Å². The third-order valence-corrected chi connectivity index (χ3v) is 5.16. The number of carbonyl (C=O) groups excluding carboxylic acids is 2. The van der Waals surface area contributed by atoms with Gasteiger partial charge in [-0.2, -0.15) is 0 Å². The first-order valence-corrected chi connectivity index (χ1v) is 10.4. The molecule has 3 rings (SSSR count). The Bertz CT molecular complexity index is 981. The number of furan rings is 1.